The number of hydrogen-bond donors (Lipinski definition) is 1. The quantitative estimate of drug-likeness (QED) is 0.844. The molecule has 1 saturated carbocycles. The largest absolute Gasteiger partial charge is 0.328 e. The van der Waals surface area contributed by atoms with Crippen LogP contribution in [0.15, 0.2) is 18.2 Å². The van der Waals surface area contributed by atoms with Gasteiger partial charge in [0.2, 0.25) is 0 Å². The van der Waals surface area contributed by atoms with E-state index in [2.05, 4.69) is 24.5 Å². The minimum Gasteiger partial charge on any atom is -0.328 e. The first-order valence-corrected chi connectivity index (χ1v) is 8.37. The van der Waals surface area contributed by atoms with Gasteiger partial charge in [-0.1, -0.05) is 24.9 Å². The van der Waals surface area contributed by atoms with Gasteiger partial charge in [-0.25, -0.2) is 4.98 Å². The normalized spacial score (nSPS) is 18.1. The van der Waals surface area contributed by atoms with E-state index in [-0.39, 0.29) is 0 Å². The topological polar surface area (TPSA) is 43.8 Å². The minimum absolute atomic E-state index is 0.290. The first-order chi connectivity index (χ1) is 10.1. The van der Waals surface area contributed by atoms with Crippen molar-refractivity contribution in [2.75, 3.05) is 0 Å². The molecule has 0 bridgehead atoms. The molecule has 1 aromatic carbocycles. The van der Waals surface area contributed by atoms with E-state index in [9.17, 15) is 0 Å². The van der Waals surface area contributed by atoms with Crippen LogP contribution in [0.3, 0.4) is 0 Å². The number of benzene rings is 1. The number of rotatable bonds is 6. The summed E-state index contributed by atoms with van der Waals surface area (Å²) in [6.07, 6.45) is 5.91. The molecule has 0 amide bonds. The van der Waals surface area contributed by atoms with Crippen LogP contribution >= 0.6 is 11.6 Å². The third kappa shape index (κ3) is 3.24. The second-order valence-electron chi connectivity index (χ2n) is 6.51. The molecule has 0 saturated heterocycles. The Kier molecular flexibility index (Phi) is 4.23. The molecule has 2 unspecified atom stereocenters. The SMILES string of the molecule is CC(N)CCCC(C)c1nc2ccc(Cl)cc2n1C1CC1. The molecule has 3 rings (SSSR count). The molecular weight excluding hydrogens is 282 g/mol. The molecule has 1 fully saturated rings. The summed E-state index contributed by atoms with van der Waals surface area (Å²) in [5.74, 6) is 1.69. The molecule has 1 aliphatic rings. The van der Waals surface area contributed by atoms with Crippen molar-refractivity contribution < 1.29 is 0 Å². The number of nitrogens with two attached hydrogens (primary N) is 1. The van der Waals surface area contributed by atoms with Gasteiger partial charge in [0.15, 0.2) is 0 Å². The molecule has 114 valence electrons. The highest BCUT2D eigenvalue weighted by atomic mass is 35.5. The summed E-state index contributed by atoms with van der Waals surface area (Å²) < 4.78 is 2.43. The second-order valence-corrected chi connectivity index (χ2v) is 6.95. The Morgan fingerprint density at radius 1 is 1.33 bits per heavy atom. The molecule has 2 aromatic rings. The van der Waals surface area contributed by atoms with E-state index < -0.39 is 0 Å². The zero-order valence-corrected chi connectivity index (χ0v) is 13.6. The molecule has 1 aliphatic carbocycles. The van der Waals surface area contributed by atoms with Crippen molar-refractivity contribution in [2.45, 2.75) is 64.0 Å². The van der Waals surface area contributed by atoms with Crippen molar-refractivity contribution in [1.29, 1.82) is 0 Å². The first kappa shape index (κ1) is 14.9. The van der Waals surface area contributed by atoms with Crippen LogP contribution in [-0.4, -0.2) is 15.6 Å². The average molecular weight is 306 g/mol. The molecule has 0 radical (unpaired) electrons. The number of nitrogens with zero attached hydrogens (tertiary/aromatic N) is 2. The molecule has 0 aliphatic heterocycles. The second kappa shape index (κ2) is 5.98. The van der Waals surface area contributed by atoms with Gasteiger partial charge in [0.1, 0.15) is 5.82 Å². The lowest BCUT2D eigenvalue weighted by Gasteiger charge is -2.15. The van der Waals surface area contributed by atoms with E-state index in [0.29, 0.717) is 18.0 Å². The van der Waals surface area contributed by atoms with Crippen LogP contribution < -0.4 is 5.73 Å². The van der Waals surface area contributed by atoms with Gasteiger partial charge in [-0.2, -0.15) is 0 Å². The highest BCUT2D eigenvalue weighted by Gasteiger charge is 2.29. The Bertz CT molecular complexity index is 628. The monoisotopic (exact) mass is 305 g/mol. The number of aromatic nitrogens is 2. The maximum Gasteiger partial charge on any atom is 0.112 e. The summed E-state index contributed by atoms with van der Waals surface area (Å²) in [6, 6.07) is 6.94. The van der Waals surface area contributed by atoms with Crippen molar-refractivity contribution in [3.05, 3.63) is 29.0 Å². The molecule has 4 heteroatoms. The highest BCUT2D eigenvalue weighted by Crippen LogP contribution is 2.41. The smallest absolute Gasteiger partial charge is 0.112 e. The van der Waals surface area contributed by atoms with Crippen LogP contribution in [0.2, 0.25) is 5.02 Å². The zero-order valence-electron chi connectivity index (χ0n) is 12.8. The molecule has 2 N–H and O–H groups in total. The summed E-state index contributed by atoms with van der Waals surface area (Å²) in [7, 11) is 0. The summed E-state index contributed by atoms with van der Waals surface area (Å²) in [5.41, 5.74) is 8.11. The van der Waals surface area contributed by atoms with Crippen LogP contribution in [-0.2, 0) is 0 Å². The fraction of sp³-hybridized carbons (Fsp3) is 0.588. The fourth-order valence-corrected chi connectivity index (χ4v) is 3.19. The van der Waals surface area contributed by atoms with E-state index in [4.69, 9.17) is 22.3 Å². The van der Waals surface area contributed by atoms with Crippen LogP contribution in [0.5, 0.6) is 0 Å². The number of imidazole rings is 1. The van der Waals surface area contributed by atoms with Crippen molar-refractivity contribution in [3.63, 3.8) is 0 Å². The van der Waals surface area contributed by atoms with Gasteiger partial charge in [-0.15, -0.1) is 0 Å². The third-order valence-electron chi connectivity index (χ3n) is 4.33. The molecule has 1 aromatic heterocycles. The maximum absolute atomic E-state index is 6.17. The average Bonchev–Trinajstić information content (AvgIpc) is 3.19. The Morgan fingerprint density at radius 3 is 2.76 bits per heavy atom. The highest BCUT2D eigenvalue weighted by molar-refractivity contribution is 6.31. The lowest BCUT2D eigenvalue weighted by atomic mass is 10.0. The summed E-state index contributed by atoms with van der Waals surface area (Å²) in [5, 5.41) is 0.792. The van der Waals surface area contributed by atoms with Gasteiger partial charge in [0.05, 0.1) is 11.0 Å². The molecule has 21 heavy (non-hydrogen) atoms. The standard InChI is InChI=1S/C17H24ClN3/c1-11(4-3-5-12(2)19)17-20-15-9-6-13(18)10-16(15)21(17)14-7-8-14/h6,9-12,14H,3-5,7-8,19H2,1-2H3. The minimum atomic E-state index is 0.290. The van der Waals surface area contributed by atoms with E-state index in [1.165, 1.54) is 24.2 Å². The van der Waals surface area contributed by atoms with E-state index in [1.54, 1.807) is 0 Å². The van der Waals surface area contributed by atoms with Crippen LogP contribution in [0.4, 0.5) is 0 Å². The summed E-state index contributed by atoms with van der Waals surface area (Å²) in [6.45, 7) is 4.36. The van der Waals surface area contributed by atoms with Gasteiger partial charge in [-0.3, -0.25) is 0 Å². The van der Waals surface area contributed by atoms with Crippen molar-refractivity contribution in [2.24, 2.45) is 5.73 Å². The predicted octanol–water partition coefficient (Wildman–Crippen LogP) is 4.65. The summed E-state index contributed by atoms with van der Waals surface area (Å²) >= 11 is 6.17. The lowest BCUT2D eigenvalue weighted by molar-refractivity contribution is 0.526. The Morgan fingerprint density at radius 2 is 2.10 bits per heavy atom. The van der Waals surface area contributed by atoms with Crippen LogP contribution in [0.1, 0.15) is 63.7 Å². The van der Waals surface area contributed by atoms with Crippen LogP contribution in [0, 0.1) is 0 Å². The first-order valence-electron chi connectivity index (χ1n) is 7.99. The fourth-order valence-electron chi connectivity index (χ4n) is 3.02. The zero-order chi connectivity index (χ0) is 15.0. The van der Waals surface area contributed by atoms with E-state index in [0.717, 1.165) is 29.8 Å². The Labute approximate surface area is 131 Å². The Hall–Kier alpha value is -1.06. The molecular formula is C17H24ClN3. The van der Waals surface area contributed by atoms with Gasteiger partial charge in [0.25, 0.3) is 0 Å². The third-order valence-corrected chi connectivity index (χ3v) is 4.56. The number of halogens is 1. The number of hydrogen-bond acceptors (Lipinski definition) is 2. The Balaban J connectivity index is 1.88. The van der Waals surface area contributed by atoms with E-state index in [1.807, 2.05) is 12.1 Å². The van der Waals surface area contributed by atoms with Crippen molar-refractivity contribution >= 4 is 22.6 Å². The molecule has 3 nitrogen and oxygen atoms in total. The number of fused-ring (bicyclic) bond motifs is 1. The predicted molar refractivity (Wildman–Crippen MR) is 88.9 cm³/mol. The van der Waals surface area contributed by atoms with Gasteiger partial charge in [0, 0.05) is 23.0 Å². The lowest BCUT2D eigenvalue weighted by Crippen LogP contribution is -2.14. The molecule has 0 spiro atoms. The van der Waals surface area contributed by atoms with Gasteiger partial charge < -0.3 is 10.3 Å². The van der Waals surface area contributed by atoms with Crippen molar-refractivity contribution in [1.82, 2.24) is 9.55 Å². The summed E-state index contributed by atoms with van der Waals surface area (Å²) in [4.78, 5) is 4.89. The molecule has 2 atom stereocenters. The van der Waals surface area contributed by atoms with Crippen LogP contribution in [0.25, 0.3) is 11.0 Å². The van der Waals surface area contributed by atoms with E-state index >= 15 is 0 Å². The maximum atomic E-state index is 6.17. The van der Waals surface area contributed by atoms with Gasteiger partial charge >= 0.3 is 0 Å². The van der Waals surface area contributed by atoms with Crippen molar-refractivity contribution in [3.8, 4) is 0 Å². The van der Waals surface area contributed by atoms with Gasteiger partial charge in [-0.05, 0) is 50.8 Å². The molecule has 1 heterocycles.